The lowest BCUT2D eigenvalue weighted by atomic mass is 10.0. The Kier molecular flexibility index (Phi) is 4.60. The number of aromatic hydroxyl groups is 1. The van der Waals surface area contributed by atoms with Crippen molar-refractivity contribution in [2.75, 3.05) is 0 Å². The van der Waals surface area contributed by atoms with E-state index in [1.165, 1.54) is 12.1 Å². The standard InChI is InChI=1S/C14H15O6P/c1-3-4-5-9-8(2)10-6-13(20-21(17)18)11(15)7-12(10)19-14(9)16/h6-7H,3-5H2,1-2H3,(H-,15,16,17,18)/p+1. The molecule has 0 amide bonds. The predicted octanol–water partition coefficient (Wildman–Crippen LogP) is 3.18. The maximum atomic E-state index is 12.0. The Morgan fingerprint density at radius 1 is 1.38 bits per heavy atom. The molecule has 2 rings (SSSR count). The molecule has 0 saturated carbocycles. The summed E-state index contributed by atoms with van der Waals surface area (Å²) in [4.78, 5) is 20.8. The smallest absolute Gasteiger partial charge is 0.504 e. The molecular weight excluding hydrogens is 295 g/mol. The molecule has 1 aromatic carbocycles. The summed E-state index contributed by atoms with van der Waals surface area (Å²) in [6.45, 7) is 3.81. The maximum absolute atomic E-state index is 12.0. The lowest BCUT2D eigenvalue weighted by Crippen LogP contribution is -2.10. The number of fused-ring (bicyclic) bond motifs is 1. The Bertz CT molecular complexity index is 749. The van der Waals surface area contributed by atoms with Gasteiger partial charge in [0.1, 0.15) is 5.58 Å². The van der Waals surface area contributed by atoms with Crippen LogP contribution in [0.4, 0.5) is 0 Å². The third-order valence-electron chi connectivity index (χ3n) is 3.32. The topological polar surface area (TPSA) is 97.0 Å². The van der Waals surface area contributed by atoms with Gasteiger partial charge in [0.05, 0.1) is 0 Å². The van der Waals surface area contributed by atoms with Crippen molar-refractivity contribution in [2.24, 2.45) is 0 Å². The molecule has 2 aromatic rings. The first-order valence-corrected chi connectivity index (χ1v) is 7.70. The van der Waals surface area contributed by atoms with Crippen LogP contribution in [0.3, 0.4) is 0 Å². The van der Waals surface area contributed by atoms with Gasteiger partial charge in [-0.25, -0.2) is 9.32 Å². The number of benzene rings is 1. The van der Waals surface area contributed by atoms with Crippen molar-refractivity contribution in [2.45, 2.75) is 33.1 Å². The van der Waals surface area contributed by atoms with Crippen LogP contribution < -0.4 is 10.1 Å². The van der Waals surface area contributed by atoms with Crippen LogP contribution in [-0.2, 0) is 11.0 Å². The quantitative estimate of drug-likeness (QED) is 0.650. The van der Waals surface area contributed by atoms with E-state index in [2.05, 4.69) is 4.52 Å². The average Bonchev–Trinajstić information content (AvgIpc) is 2.40. The van der Waals surface area contributed by atoms with E-state index < -0.39 is 13.9 Å². The SMILES string of the molecule is CCCCc1c(C)c2cc(O[P+](=O)O)c(O)cc2oc1=O. The fourth-order valence-corrected chi connectivity index (χ4v) is 2.52. The molecule has 21 heavy (non-hydrogen) atoms. The first kappa shape index (κ1) is 15.5. The Morgan fingerprint density at radius 2 is 2.10 bits per heavy atom. The van der Waals surface area contributed by atoms with Crippen molar-refractivity contribution in [3.8, 4) is 11.5 Å². The summed E-state index contributed by atoms with van der Waals surface area (Å²) < 4.78 is 20.6. The Morgan fingerprint density at radius 3 is 2.71 bits per heavy atom. The van der Waals surface area contributed by atoms with Crippen LogP contribution >= 0.6 is 8.25 Å². The van der Waals surface area contributed by atoms with Gasteiger partial charge in [-0.2, -0.15) is 0 Å². The lowest BCUT2D eigenvalue weighted by molar-refractivity contribution is 0.389. The van der Waals surface area contributed by atoms with Crippen molar-refractivity contribution in [1.82, 2.24) is 0 Å². The zero-order valence-electron chi connectivity index (χ0n) is 11.8. The van der Waals surface area contributed by atoms with E-state index in [-0.39, 0.29) is 17.1 Å². The van der Waals surface area contributed by atoms with Gasteiger partial charge in [0, 0.05) is 27.6 Å². The summed E-state index contributed by atoms with van der Waals surface area (Å²) in [5.74, 6) is -0.478. The molecule has 0 aliphatic rings. The lowest BCUT2D eigenvalue weighted by Gasteiger charge is -2.08. The summed E-state index contributed by atoms with van der Waals surface area (Å²) in [5.41, 5.74) is 1.10. The highest BCUT2D eigenvalue weighted by molar-refractivity contribution is 7.32. The van der Waals surface area contributed by atoms with Gasteiger partial charge in [0.15, 0.2) is 5.75 Å². The van der Waals surface area contributed by atoms with Crippen LogP contribution in [0.25, 0.3) is 11.0 Å². The number of hydrogen-bond donors (Lipinski definition) is 2. The minimum atomic E-state index is -2.88. The van der Waals surface area contributed by atoms with Gasteiger partial charge in [0.25, 0.3) is 0 Å². The van der Waals surface area contributed by atoms with Gasteiger partial charge < -0.3 is 9.52 Å². The third-order valence-corrected chi connectivity index (χ3v) is 3.68. The predicted molar refractivity (Wildman–Crippen MR) is 78.0 cm³/mol. The van der Waals surface area contributed by atoms with E-state index in [0.29, 0.717) is 17.4 Å². The van der Waals surface area contributed by atoms with E-state index in [4.69, 9.17) is 9.31 Å². The fourth-order valence-electron chi connectivity index (χ4n) is 2.20. The molecule has 0 saturated heterocycles. The van der Waals surface area contributed by atoms with Crippen molar-refractivity contribution >= 4 is 19.2 Å². The highest BCUT2D eigenvalue weighted by atomic mass is 31.1. The first-order valence-electron chi connectivity index (χ1n) is 6.57. The molecule has 1 atom stereocenters. The highest BCUT2D eigenvalue weighted by Crippen LogP contribution is 2.36. The molecule has 0 aliphatic carbocycles. The largest absolute Gasteiger partial charge is 0.747 e. The fraction of sp³-hybridized carbons (Fsp3) is 0.357. The molecule has 6 nitrogen and oxygen atoms in total. The van der Waals surface area contributed by atoms with Crippen molar-refractivity contribution in [3.63, 3.8) is 0 Å². The molecule has 7 heteroatoms. The monoisotopic (exact) mass is 311 g/mol. The van der Waals surface area contributed by atoms with Gasteiger partial charge in [-0.15, -0.1) is 4.89 Å². The minimum absolute atomic E-state index is 0.121. The van der Waals surface area contributed by atoms with Crippen molar-refractivity contribution in [1.29, 1.82) is 0 Å². The van der Waals surface area contributed by atoms with E-state index in [0.717, 1.165) is 18.4 Å². The van der Waals surface area contributed by atoms with Gasteiger partial charge in [-0.3, -0.25) is 0 Å². The van der Waals surface area contributed by atoms with E-state index in [1.807, 2.05) is 6.92 Å². The molecule has 112 valence electrons. The minimum Gasteiger partial charge on any atom is -0.504 e. The molecule has 1 heterocycles. The molecule has 0 aliphatic heterocycles. The van der Waals surface area contributed by atoms with Gasteiger partial charge in [0.2, 0.25) is 5.75 Å². The van der Waals surface area contributed by atoms with Crippen molar-refractivity contribution in [3.05, 3.63) is 33.7 Å². The molecule has 0 bridgehead atoms. The number of phenolic OH excluding ortho intramolecular Hbond substituents is 1. The Balaban J connectivity index is 2.63. The number of aryl methyl sites for hydroxylation is 1. The molecule has 0 fully saturated rings. The van der Waals surface area contributed by atoms with Crippen LogP contribution in [0.2, 0.25) is 0 Å². The van der Waals surface area contributed by atoms with Crippen LogP contribution in [0, 0.1) is 6.92 Å². The molecule has 2 N–H and O–H groups in total. The van der Waals surface area contributed by atoms with Crippen LogP contribution in [0.1, 0.15) is 30.9 Å². The summed E-state index contributed by atoms with van der Waals surface area (Å²) in [7, 11) is -2.88. The summed E-state index contributed by atoms with van der Waals surface area (Å²) in [5, 5.41) is 10.3. The normalized spacial score (nSPS) is 11.7. The molecular formula is C14H16O6P+. The molecule has 1 aromatic heterocycles. The van der Waals surface area contributed by atoms with Crippen LogP contribution in [0.15, 0.2) is 21.3 Å². The molecule has 0 radical (unpaired) electrons. The zero-order chi connectivity index (χ0) is 15.6. The summed E-state index contributed by atoms with van der Waals surface area (Å²) in [6, 6.07) is 2.61. The third kappa shape index (κ3) is 3.23. The van der Waals surface area contributed by atoms with E-state index in [1.54, 1.807) is 6.92 Å². The molecule has 1 unspecified atom stereocenters. The second-order valence-corrected chi connectivity index (χ2v) is 5.40. The zero-order valence-corrected chi connectivity index (χ0v) is 12.6. The summed E-state index contributed by atoms with van der Waals surface area (Å²) in [6.07, 6.45) is 2.42. The van der Waals surface area contributed by atoms with Gasteiger partial charge >= 0.3 is 13.9 Å². The number of unbranched alkanes of at least 4 members (excludes halogenated alkanes) is 1. The van der Waals surface area contributed by atoms with Crippen LogP contribution in [-0.4, -0.2) is 10.00 Å². The number of rotatable bonds is 5. The van der Waals surface area contributed by atoms with E-state index >= 15 is 0 Å². The van der Waals surface area contributed by atoms with Crippen molar-refractivity contribution < 1.29 is 23.5 Å². The number of hydrogen-bond acceptors (Lipinski definition) is 5. The second kappa shape index (κ2) is 6.24. The average molecular weight is 311 g/mol. The van der Waals surface area contributed by atoms with Gasteiger partial charge in [-0.1, -0.05) is 13.3 Å². The maximum Gasteiger partial charge on any atom is 0.747 e. The van der Waals surface area contributed by atoms with Gasteiger partial charge in [-0.05, 0) is 25.3 Å². The summed E-state index contributed by atoms with van der Waals surface area (Å²) >= 11 is 0. The van der Waals surface area contributed by atoms with E-state index in [9.17, 15) is 14.5 Å². The number of phenols is 1. The Labute approximate surface area is 121 Å². The first-order chi connectivity index (χ1) is 9.93. The Hall–Kier alpha value is -1.91. The molecule has 0 spiro atoms. The highest BCUT2D eigenvalue weighted by Gasteiger charge is 2.21. The van der Waals surface area contributed by atoms with Crippen LogP contribution in [0.5, 0.6) is 11.5 Å². The second-order valence-electron chi connectivity index (χ2n) is 4.74.